The SMILES string of the molecule is COc1ccc(/C=C/C(=O)Cl)cc1C. The van der Waals surface area contributed by atoms with Gasteiger partial charge in [-0.25, -0.2) is 0 Å². The fraction of sp³-hybridized carbons (Fsp3) is 0.182. The Bertz CT molecular complexity index is 370. The fourth-order valence-electron chi connectivity index (χ4n) is 1.17. The molecular weight excluding hydrogens is 200 g/mol. The van der Waals surface area contributed by atoms with Crippen molar-refractivity contribution in [1.82, 2.24) is 0 Å². The van der Waals surface area contributed by atoms with E-state index in [2.05, 4.69) is 0 Å². The molecule has 0 unspecified atom stereocenters. The van der Waals surface area contributed by atoms with Crippen molar-refractivity contribution in [2.45, 2.75) is 6.92 Å². The zero-order valence-electron chi connectivity index (χ0n) is 8.08. The van der Waals surface area contributed by atoms with Crippen molar-refractivity contribution in [3.05, 3.63) is 35.4 Å². The van der Waals surface area contributed by atoms with Crippen LogP contribution in [-0.4, -0.2) is 12.4 Å². The molecule has 0 saturated carbocycles. The van der Waals surface area contributed by atoms with E-state index in [0.717, 1.165) is 16.9 Å². The van der Waals surface area contributed by atoms with E-state index in [1.54, 1.807) is 13.2 Å². The number of hydrogen-bond donors (Lipinski definition) is 0. The highest BCUT2D eigenvalue weighted by Gasteiger charge is 1.97. The van der Waals surface area contributed by atoms with Crippen molar-refractivity contribution in [3.63, 3.8) is 0 Å². The Morgan fingerprint density at radius 2 is 2.21 bits per heavy atom. The Balaban J connectivity index is 2.91. The largest absolute Gasteiger partial charge is 0.496 e. The maximum absolute atomic E-state index is 10.5. The predicted octanol–water partition coefficient (Wildman–Crippen LogP) is 2.78. The number of ether oxygens (including phenoxy) is 1. The Morgan fingerprint density at radius 3 is 2.71 bits per heavy atom. The lowest BCUT2D eigenvalue weighted by Gasteiger charge is -2.04. The maximum atomic E-state index is 10.5. The third kappa shape index (κ3) is 2.89. The number of rotatable bonds is 3. The molecule has 0 aliphatic carbocycles. The first-order chi connectivity index (χ1) is 6.63. The van der Waals surface area contributed by atoms with Gasteiger partial charge in [0, 0.05) is 0 Å². The van der Waals surface area contributed by atoms with Gasteiger partial charge in [-0.15, -0.1) is 0 Å². The minimum absolute atomic E-state index is 0.474. The van der Waals surface area contributed by atoms with Gasteiger partial charge in [0.25, 0.3) is 0 Å². The first-order valence-corrected chi connectivity index (χ1v) is 4.53. The monoisotopic (exact) mass is 210 g/mol. The molecule has 0 N–H and O–H groups in total. The summed E-state index contributed by atoms with van der Waals surface area (Å²) in [5.41, 5.74) is 1.95. The lowest BCUT2D eigenvalue weighted by molar-refractivity contribution is -0.107. The Labute approximate surface area is 88.1 Å². The minimum atomic E-state index is -0.474. The molecule has 3 heteroatoms. The van der Waals surface area contributed by atoms with E-state index < -0.39 is 5.24 Å². The minimum Gasteiger partial charge on any atom is -0.496 e. The van der Waals surface area contributed by atoms with Gasteiger partial charge in [-0.1, -0.05) is 12.1 Å². The van der Waals surface area contributed by atoms with Crippen molar-refractivity contribution in [3.8, 4) is 5.75 Å². The number of allylic oxidation sites excluding steroid dienone is 1. The van der Waals surface area contributed by atoms with Gasteiger partial charge in [0.2, 0.25) is 5.24 Å². The summed E-state index contributed by atoms with van der Waals surface area (Å²) < 4.78 is 5.11. The van der Waals surface area contributed by atoms with Crippen LogP contribution in [0.15, 0.2) is 24.3 Å². The van der Waals surface area contributed by atoms with Gasteiger partial charge in [-0.2, -0.15) is 0 Å². The van der Waals surface area contributed by atoms with Crippen LogP contribution in [0.1, 0.15) is 11.1 Å². The number of halogens is 1. The van der Waals surface area contributed by atoms with E-state index in [-0.39, 0.29) is 0 Å². The van der Waals surface area contributed by atoms with Crippen molar-refractivity contribution in [2.75, 3.05) is 7.11 Å². The predicted molar refractivity (Wildman–Crippen MR) is 57.6 cm³/mol. The molecule has 0 aromatic heterocycles. The molecule has 0 radical (unpaired) electrons. The molecule has 0 aliphatic rings. The molecular formula is C11H11ClO2. The van der Waals surface area contributed by atoms with Crippen LogP contribution >= 0.6 is 11.6 Å². The Hall–Kier alpha value is -1.28. The summed E-state index contributed by atoms with van der Waals surface area (Å²) in [6.07, 6.45) is 2.99. The number of aryl methyl sites for hydroxylation is 1. The molecule has 0 atom stereocenters. The smallest absolute Gasteiger partial charge is 0.245 e. The molecule has 0 heterocycles. The topological polar surface area (TPSA) is 26.3 Å². The Morgan fingerprint density at radius 1 is 1.50 bits per heavy atom. The molecule has 0 amide bonds. The highest BCUT2D eigenvalue weighted by molar-refractivity contribution is 6.66. The standard InChI is InChI=1S/C11H11ClO2/c1-8-7-9(4-6-11(12)13)3-5-10(8)14-2/h3-7H,1-2H3/b6-4+. The van der Waals surface area contributed by atoms with E-state index in [1.807, 2.05) is 25.1 Å². The number of carbonyl (C=O) groups excluding carboxylic acids is 1. The number of benzene rings is 1. The van der Waals surface area contributed by atoms with Crippen LogP contribution < -0.4 is 4.74 Å². The van der Waals surface area contributed by atoms with Crippen molar-refractivity contribution < 1.29 is 9.53 Å². The van der Waals surface area contributed by atoms with E-state index in [4.69, 9.17) is 16.3 Å². The second kappa shape index (κ2) is 4.82. The van der Waals surface area contributed by atoms with Gasteiger partial charge in [-0.3, -0.25) is 4.79 Å². The third-order valence-corrected chi connectivity index (χ3v) is 1.95. The second-order valence-electron chi connectivity index (χ2n) is 2.87. The van der Waals surface area contributed by atoms with Crippen LogP contribution in [0.25, 0.3) is 6.08 Å². The number of hydrogen-bond acceptors (Lipinski definition) is 2. The van der Waals surface area contributed by atoms with Crippen molar-refractivity contribution in [1.29, 1.82) is 0 Å². The normalized spacial score (nSPS) is 10.5. The molecule has 74 valence electrons. The lowest BCUT2D eigenvalue weighted by atomic mass is 10.1. The van der Waals surface area contributed by atoms with Gasteiger partial charge in [0.05, 0.1) is 7.11 Å². The van der Waals surface area contributed by atoms with Crippen LogP contribution in [0.3, 0.4) is 0 Å². The first kappa shape index (κ1) is 10.8. The van der Waals surface area contributed by atoms with Gasteiger partial charge >= 0.3 is 0 Å². The van der Waals surface area contributed by atoms with Gasteiger partial charge in [0.1, 0.15) is 5.75 Å². The average Bonchev–Trinajstić information content (AvgIpc) is 2.15. The van der Waals surface area contributed by atoms with Gasteiger partial charge < -0.3 is 4.74 Å². The molecule has 0 aliphatic heterocycles. The van der Waals surface area contributed by atoms with Crippen LogP contribution in [0, 0.1) is 6.92 Å². The summed E-state index contributed by atoms with van der Waals surface area (Å²) in [5.74, 6) is 0.833. The van der Waals surface area contributed by atoms with E-state index >= 15 is 0 Å². The Kier molecular flexibility index (Phi) is 3.72. The highest BCUT2D eigenvalue weighted by Crippen LogP contribution is 2.19. The third-order valence-electron chi connectivity index (χ3n) is 1.83. The van der Waals surface area contributed by atoms with Crippen molar-refractivity contribution >= 4 is 22.9 Å². The van der Waals surface area contributed by atoms with Crippen molar-refractivity contribution in [2.24, 2.45) is 0 Å². The molecule has 14 heavy (non-hydrogen) atoms. The number of carbonyl (C=O) groups is 1. The summed E-state index contributed by atoms with van der Waals surface area (Å²) in [5, 5.41) is -0.474. The van der Waals surface area contributed by atoms with Gasteiger partial charge in [-0.05, 0) is 47.9 Å². The summed E-state index contributed by atoms with van der Waals surface area (Å²) in [6, 6.07) is 5.64. The fourth-order valence-corrected chi connectivity index (χ4v) is 1.23. The molecule has 0 spiro atoms. The zero-order chi connectivity index (χ0) is 10.6. The molecule has 1 aromatic carbocycles. The van der Waals surface area contributed by atoms with Gasteiger partial charge in [0.15, 0.2) is 0 Å². The highest BCUT2D eigenvalue weighted by atomic mass is 35.5. The average molecular weight is 211 g/mol. The molecule has 0 bridgehead atoms. The van der Waals surface area contributed by atoms with Crippen LogP contribution in [0.4, 0.5) is 0 Å². The number of methoxy groups -OCH3 is 1. The lowest BCUT2D eigenvalue weighted by Crippen LogP contribution is -1.87. The summed E-state index contributed by atoms with van der Waals surface area (Å²) in [7, 11) is 1.63. The van der Waals surface area contributed by atoms with Crippen LogP contribution in [-0.2, 0) is 4.79 Å². The second-order valence-corrected chi connectivity index (χ2v) is 3.24. The molecule has 0 saturated heterocycles. The summed E-state index contributed by atoms with van der Waals surface area (Å²) in [4.78, 5) is 10.5. The molecule has 1 aromatic rings. The summed E-state index contributed by atoms with van der Waals surface area (Å²) >= 11 is 5.18. The molecule has 2 nitrogen and oxygen atoms in total. The van der Waals surface area contributed by atoms with E-state index in [0.29, 0.717) is 0 Å². The first-order valence-electron chi connectivity index (χ1n) is 4.15. The van der Waals surface area contributed by atoms with E-state index in [1.165, 1.54) is 6.08 Å². The quantitative estimate of drug-likeness (QED) is 0.567. The van der Waals surface area contributed by atoms with E-state index in [9.17, 15) is 4.79 Å². The molecule has 1 rings (SSSR count). The zero-order valence-corrected chi connectivity index (χ0v) is 8.84. The molecule has 0 fully saturated rings. The van der Waals surface area contributed by atoms with Crippen LogP contribution in [0.2, 0.25) is 0 Å². The van der Waals surface area contributed by atoms with Crippen LogP contribution in [0.5, 0.6) is 5.75 Å². The summed E-state index contributed by atoms with van der Waals surface area (Å²) in [6.45, 7) is 1.94. The maximum Gasteiger partial charge on any atom is 0.245 e.